The van der Waals surface area contributed by atoms with E-state index in [2.05, 4.69) is 4.98 Å². The highest BCUT2D eigenvalue weighted by molar-refractivity contribution is 7.16. The monoisotopic (exact) mass is 440 g/mol. The van der Waals surface area contributed by atoms with Gasteiger partial charge in [-0.25, -0.2) is 4.98 Å². The standard InChI is InChI=1S/C22H20N2O4S2/c1-4-28-15-9-7-14(8-10-15)18-17(19(25)16-6-5-11-29-16)20(26)21(27)24(18)22-23-12(2)13(3)30-22/h5-11,18,26H,4H2,1-3H3/t18-/m0/s1. The molecule has 2 aromatic heterocycles. The number of nitrogens with zero attached hydrogens (tertiary/aromatic N) is 2. The number of aromatic nitrogens is 1. The Hall–Kier alpha value is -2.97. The summed E-state index contributed by atoms with van der Waals surface area (Å²) in [5.41, 5.74) is 1.57. The van der Waals surface area contributed by atoms with Crippen LogP contribution in [-0.4, -0.2) is 28.4 Å². The number of amides is 1. The molecule has 0 bridgehead atoms. The van der Waals surface area contributed by atoms with Crippen LogP contribution in [0.5, 0.6) is 5.75 Å². The predicted octanol–water partition coefficient (Wildman–Crippen LogP) is 5.00. The van der Waals surface area contributed by atoms with Crippen LogP contribution in [0.15, 0.2) is 53.1 Å². The Morgan fingerprint density at radius 3 is 2.53 bits per heavy atom. The first kappa shape index (κ1) is 20.3. The zero-order valence-corrected chi connectivity index (χ0v) is 18.3. The summed E-state index contributed by atoms with van der Waals surface area (Å²) in [5.74, 6) is -0.819. The maximum Gasteiger partial charge on any atom is 0.296 e. The summed E-state index contributed by atoms with van der Waals surface area (Å²) >= 11 is 2.63. The van der Waals surface area contributed by atoms with Gasteiger partial charge in [-0.15, -0.1) is 22.7 Å². The summed E-state index contributed by atoms with van der Waals surface area (Å²) in [4.78, 5) is 33.7. The zero-order chi connectivity index (χ0) is 21.4. The SMILES string of the molecule is CCOc1ccc([C@H]2C(C(=O)c3cccs3)=C(O)C(=O)N2c2nc(C)c(C)s2)cc1. The zero-order valence-electron chi connectivity index (χ0n) is 16.7. The summed E-state index contributed by atoms with van der Waals surface area (Å²) in [6.45, 7) is 6.23. The lowest BCUT2D eigenvalue weighted by molar-refractivity contribution is -0.117. The van der Waals surface area contributed by atoms with Crippen molar-refractivity contribution in [3.05, 3.63) is 74.1 Å². The van der Waals surface area contributed by atoms with Gasteiger partial charge in [0.25, 0.3) is 5.91 Å². The van der Waals surface area contributed by atoms with E-state index < -0.39 is 17.7 Å². The Morgan fingerprint density at radius 1 is 1.23 bits per heavy atom. The molecule has 0 spiro atoms. The van der Waals surface area contributed by atoms with Crippen LogP contribution in [0, 0.1) is 13.8 Å². The predicted molar refractivity (Wildman–Crippen MR) is 118 cm³/mol. The molecule has 1 aliphatic rings. The molecule has 1 N–H and O–H groups in total. The van der Waals surface area contributed by atoms with Crippen molar-refractivity contribution in [3.63, 3.8) is 0 Å². The van der Waals surface area contributed by atoms with Gasteiger partial charge in [0.05, 0.1) is 28.8 Å². The quantitative estimate of drug-likeness (QED) is 0.546. The van der Waals surface area contributed by atoms with Gasteiger partial charge in [0, 0.05) is 4.88 Å². The third-order valence-corrected chi connectivity index (χ3v) is 6.87. The molecule has 0 unspecified atom stereocenters. The molecular formula is C22H20N2O4S2. The first-order valence-electron chi connectivity index (χ1n) is 9.44. The Labute approximate surface area is 182 Å². The molecular weight excluding hydrogens is 420 g/mol. The number of aliphatic hydroxyl groups is 1. The fourth-order valence-electron chi connectivity index (χ4n) is 3.36. The molecule has 4 rings (SSSR count). The van der Waals surface area contributed by atoms with Crippen LogP contribution in [0.3, 0.4) is 0 Å². The summed E-state index contributed by atoms with van der Waals surface area (Å²) in [6.07, 6.45) is 0. The summed E-state index contributed by atoms with van der Waals surface area (Å²) in [7, 11) is 0. The average Bonchev–Trinajstić information content (AvgIpc) is 3.43. The van der Waals surface area contributed by atoms with E-state index in [1.165, 1.54) is 27.6 Å². The highest BCUT2D eigenvalue weighted by atomic mass is 32.1. The van der Waals surface area contributed by atoms with E-state index in [0.29, 0.717) is 27.9 Å². The van der Waals surface area contributed by atoms with Crippen molar-refractivity contribution in [1.29, 1.82) is 0 Å². The van der Waals surface area contributed by atoms with Crippen molar-refractivity contribution < 1.29 is 19.4 Å². The molecule has 0 fully saturated rings. The van der Waals surface area contributed by atoms with E-state index in [9.17, 15) is 14.7 Å². The number of rotatable bonds is 6. The number of carbonyl (C=O) groups is 2. The maximum absolute atomic E-state index is 13.2. The van der Waals surface area contributed by atoms with Gasteiger partial charge in [-0.05, 0) is 49.9 Å². The second-order valence-corrected chi connectivity index (χ2v) is 8.92. The largest absolute Gasteiger partial charge is 0.503 e. The lowest BCUT2D eigenvalue weighted by atomic mass is 9.95. The van der Waals surface area contributed by atoms with E-state index in [-0.39, 0.29) is 11.4 Å². The van der Waals surface area contributed by atoms with Crippen LogP contribution in [0.2, 0.25) is 0 Å². The minimum Gasteiger partial charge on any atom is -0.503 e. The van der Waals surface area contributed by atoms with E-state index in [1.807, 2.05) is 32.9 Å². The Kier molecular flexibility index (Phi) is 5.44. The normalized spacial score (nSPS) is 16.4. The topological polar surface area (TPSA) is 79.7 Å². The van der Waals surface area contributed by atoms with Crippen molar-refractivity contribution >= 4 is 39.5 Å². The lowest BCUT2D eigenvalue weighted by Crippen LogP contribution is -2.31. The van der Waals surface area contributed by atoms with Gasteiger partial charge < -0.3 is 9.84 Å². The fourth-order valence-corrected chi connectivity index (χ4v) is 4.98. The van der Waals surface area contributed by atoms with Crippen molar-refractivity contribution in [2.75, 3.05) is 11.5 Å². The number of ether oxygens (including phenoxy) is 1. The molecule has 1 aliphatic heterocycles. The van der Waals surface area contributed by atoms with Crippen molar-refractivity contribution in [1.82, 2.24) is 4.98 Å². The van der Waals surface area contributed by atoms with Crippen LogP contribution in [-0.2, 0) is 4.79 Å². The molecule has 0 radical (unpaired) electrons. The van der Waals surface area contributed by atoms with Crippen molar-refractivity contribution in [2.24, 2.45) is 0 Å². The Balaban J connectivity index is 1.84. The number of aliphatic hydroxyl groups excluding tert-OH is 1. The number of benzene rings is 1. The van der Waals surface area contributed by atoms with Gasteiger partial charge >= 0.3 is 0 Å². The molecule has 30 heavy (non-hydrogen) atoms. The second-order valence-electron chi connectivity index (χ2n) is 6.79. The average molecular weight is 441 g/mol. The van der Waals surface area contributed by atoms with Gasteiger partial charge in [-0.3, -0.25) is 14.5 Å². The maximum atomic E-state index is 13.2. The molecule has 0 aliphatic carbocycles. The molecule has 154 valence electrons. The number of carbonyl (C=O) groups excluding carboxylic acids is 2. The van der Waals surface area contributed by atoms with Gasteiger partial charge in [-0.2, -0.15) is 0 Å². The van der Waals surface area contributed by atoms with Crippen molar-refractivity contribution in [2.45, 2.75) is 26.8 Å². The van der Waals surface area contributed by atoms with E-state index in [0.717, 1.165) is 10.6 Å². The van der Waals surface area contributed by atoms with E-state index >= 15 is 0 Å². The van der Waals surface area contributed by atoms with Crippen LogP contribution < -0.4 is 9.64 Å². The summed E-state index contributed by atoms with van der Waals surface area (Å²) < 4.78 is 5.51. The van der Waals surface area contributed by atoms with Crippen LogP contribution >= 0.6 is 22.7 Å². The van der Waals surface area contributed by atoms with E-state index in [1.54, 1.807) is 29.6 Å². The number of Topliss-reactive ketones (excluding diaryl/α,β-unsaturated/α-hetero) is 1. The van der Waals surface area contributed by atoms with Crippen LogP contribution in [0.1, 0.15) is 38.8 Å². The fraction of sp³-hybridized carbons (Fsp3) is 0.227. The molecule has 3 aromatic rings. The van der Waals surface area contributed by atoms with Crippen LogP contribution in [0.4, 0.5) is 5.13 Å². The number of ketones is 1. The smallest absolute Gasteiger partial charge is 0.296 e. The number of thiazole rings is 1. The molecule has 0 saturated carbocycles. The van der Waals surface area contributed by atoms with Crippen molar-refractivity contribution in [3.8, 4) is 5.75 Å². The van der Waals surface area contributed by atoms with Crippen LogP contribution in [0.25, 0.3) is 0 Å². The highest BCUT2D eigenvalue weighted by Gasteiger charge is 2.46. The van der Waals surface area contributed by atoms with Gasteiger partial charge in [0.15, 0.2) is 10.9 Å². The summed E-state index contributed by atoms with van der Waals surface area (Å²) in [6, 6.07) is 9.89. The van der Waals surface area contributed by atoms with Gasteiger partial charge in [0.1, 0.15) is 5.75 Å². The number of aryl methyl sites for hydroxylation is 2. The van der Waals surface area contributed by atoms with Gasteiger partial charge in [-0.1, -0.05) is 18.2 Å². The second kappa shape index (κ2) is 8.04. The first-order chi connectivity index (χ1) is 14.4. The number of hydrogen-bond donors (Lipinski definition) is 1. The highest BCUT2D eigenvalue weighted by Crippen LogP contribution is 2.44. The van der Waals surface area contributed by atoms with E-state index in [4.69, 9.17) is 4.74 Å². The molecule has 1 atom stereocenters. The number of thiophene rings is 1. The minimum atomic E-state index is -0.771. The summed E-state index contributed by atoms with van der Waals surface area (Å²) in [5, 5.41) is 13.0. The number of anilines is 1. The molecule has 3 heterocycles. The Morgan fingerprint density at radius 2 is 1.97 bits per heavy atom. The van der Waals surface area contributed by atoms with Gasteiger partial charge in [0.2, 0.25) is 5.78 Å². The Bertz CT molecular complexity index is 1110. The molecule has 0 saturated heterocycles. The molecule has 1 aromatic carbocycles. The number of hydrogen-bond acceptors (Lipinski definition) is 7. The third-order valence-electron chi connectivity index (χ3n) is 4.93. The third kappa shape index (κ3) is 3.42. The minimum absolute atomic E-state index is 0.0668. The molecule has 8 heteroatoms. The molecule has 1 amide bonds. The lowest BCUT2D eigenvalue weighted by Gasteiger charge is -2.24. The molecule has 6 nitrogen and oxygen atoms in total. The first-order valence-corrected chi connectivity index (χ1v) is 11.1.